The van der Waals surface area contributed by atoms with Crippen molar-refractivity contribution in [3.63, 3.8) is 0 Å². The Kier molecular flexibility index (Phi) is 4.76. The summed E-state index contributed by atoms with van der Waals surface area (Å²) in [5.41, 5.74) is 1.15. The summed E-state index contributed by atoms with van der Waals surface area (Å²) >= 11 is 0. The van der Waals surface area contributed by atoms with E-state index in [1.54, 1.807) is 0 Å². The van der Waals surface area contributed by atoms with Gasteiger partial charge in [0.05, 0.1) is 0 Å². The van der Waals surface area contributed by atoms with Crippen LogP contribution < -0.4 is 21.5 Å². The molecule has 2 aromatic rings. The van der Waals surface area contributed by atoms with Crippen LogP contribution in [-0.2, 0) is 6.54 Å². The summed E-state index contributed by atoms with van der Waals surface area (Å²) in [7, 11) is 0. The van der Waals surface area contributed by atoms with Gasteiger partial charge in [0.15, 0.2) is 0 Å². The van der Waals surface area contributed by atoms with Crippen LogP contribution in [-0.4, -0.2) is 30.6 Å². The molecule has 1 atom stereocenters. The van der Waals surface area contributed by atoms with Crippen molar-refractivity contribution in [2.45, 2.75) is 32.4 Å². The number of likely N-dealkylation sites (N-methyl/N-ethyl adjacent to an activating group) is 1. The summed E-state index contributed by atoms with van der Waals surface area (Å²) in [5.74, 6) is 0. The number of anilines is 2. The van der Waals surface area contributed by atoms with E-state index >= 15 is 0 Å². The van der Waals surface area contributed by atoms with Gasteiger partial charge in [-0.15, -0.1) is 0 Å². The minimum absolute atomic E-state index is 0.401. The molecule has 1 heterocycles. The number of nitrogens with zero attached hydrogens (tertiary/aromatic N) is 1. The molecule has 0 spiro atoms. The molecule has 2 N–H and O–H groups in total. The van der Waals surface area contributed by atoms with Crippen molar-refractivity contribution in [2.75, 3.05) is 30.3 Å². The highest BCUT2D eigenvalue weighted by atomic mass is 16.2. The molecule has 1 saturated heterocycles. The minimum Gasteiger partial charge on any atom is -0.378 e. The summed E-state index contributed by atoms with van der Waals surface area (Å²) in [6.45, 7) is 5.57. The van der Waals surface area contributed by atoms with E-state index in [9.17, 15) is 9.59 Å². The Morgan fingerprint density at radius 3 is 2.48 bits per heavy atom. The Morgan fingerprint density at radius 1 is 1.09 bits per heavy atom. The van der Waals surface area contributed by atoms with Crippen molar-refractivity contribution in [3.8, 4) is 0 Å². The Bertz CT molecular complexity index is 720. The first-order valence-corrected chi connectivity index (χ1v) is 8.29. The SMILES string of the molecule is CCN1CCC[C@H]1CNc1c(NCc2ccccc2)c(=O)c1=O. The quantitative estimate of drug-likeness (QED) is 0.763. The average molecular weight is 313 g/mol. The van der Waals surface area contributed by atoms with Gasteiger partial charge >= 0.3 is 0 Å². The molecule has 23 heavy (non-hydrogen) atoms. The van der Waals surface area contributed by atoms with Gasteiger partial charge in [0, 0.05) is 19.1 Å². The van der Waals surface area contributed by atoms with Gasteiger partial charge in [0.25, 0.3) is 10.9 Å². The molecule has 3 rings (SSSR count). The van der Waals surface area contributed by atoms with Gasteiger partial charge in [-0.3, -0.25) is 14.5 Å². The second kappa shape index (κ2) is 6.96. The fourth-order valence-electron chi connectivity index (χ4n) is 3.28. The first kappa shape index (κ1) is 15.7. The third-order valence-corrected chi connectivity index (χ3v) is 4.64. The van der Waals surface area contributed by atoms with Crippen LogP contribution in [0.4, 0.5) is 11.4 Å². The van der Waals surface area contributed by atoms with Crippen LogP contribution in [0, 0.1) is 0 Å². The lowest BCUT2D eigenvalue weighted by Crippen LogP contribution is -2.41. The van der Waals surface area contributed by atoms with Gasteiger partial charge < -0.3 is 10.6 Å². The Morgan fingerprint density at radius 2 is 1.78 bits per heavy atom. The maximum atomic E-state index is 11.8. The molecule has 5 nitrogen and oxygen atoms in total. The molecular weight excluding hydrogens is 290 g/mol. The number of likely N-dealkylation sites (tertiary alicyclic amines) is 1. The van der Waals surface area contributed by atoms with Crippen LogP contribution in [0.25, 0.3) is 0 Å². The predicted octanol–water partition coefficient (Wildman–Crippen LogP) is 1.79. The van der Waals surface area contributed by atoms with Gasteiger partial charge in [-0.1, -0.05) is 37.3 Å². The van der Waals surface area contributed by atoms with Crippen LogP contribution in [0.15, 0.2) is 39.9 Å². The first-order chi connectivity index (χ1) is 11.2. The molecule has 0 bridgehead atoms. The number of rotatable bonds is 7. The number of nitrogens with one attached hydrogen (secondary N) is 2. The number of hydrogen-bond donors (Lipinski definition) is 2. The molecule has 0 aliphatic carbocycles. The highest BCUT2D eigenvalue weighted by Crippen LogP contribution is 2.20. The van der Waals surface area contributed by atoms with E-state index in [0.29, 0.717) is 24.0 Å². The van der Waals surface area contributed by atoms with Gasteiger partial charge in [-0.05, 0) is 31.5 Å². The summed E-state index contributed by atoms with van der Waals surface area (Å²) < 4.78 is 0. The predicted molar refractivity (Wildman–Crippen MR) is 93.9 cm³/mol. The van der Waals surface area contributed by atoms with Gasteiger partial charge in [0.2, 0.25) is 0 Å². The first-order valence-electron chi connectivity index (χ1n) is 8.29. The molecule has 1 fully saturated rings. The maximum absolute atomic E-state index is 11.8. The Balaban J connectivity index is 1.61. The zero-order valence-corrected chi connectivity index (χ0v) is 13.5. The molecule has 0 aromatic heterocycles. The van der Waals surface area contributed by atoms with Gasteiger partial charge in [0.1, 0.15) is 11.4 Å². The molecule has 2 aromatic carbocycles. The Labute approximate surface area is 136 Å². The molecule has 0 unspecified atom stereocenters. The molecule has 0 radical (unpaired) electrons. The molecule has 0 saturated carbocycles. The van der Waals surface area contributed by atoms with Crippen molar-refractivity contribution in [1.29, 1.82) is 0 Å². The van der Waals surface area contributed by atoms with Crippen LogP contribution in [0.1, 0.15) is 25.3 Å². The molecule has 5 heteroatoms. The monoisotopic (exact) mass is 313 g/mol. The molecule has 122 valence electrons. The molecular formula is C18H23N3O2. The third-order valence-electron chi connectivity index (χ3n) is 4.64. The smallest absolute Gasteiger partial charge is 0.253 e. The lowest BCUT2D eigenvalue weighted by atomic mass is 10.1. The van der Waals surface area contributed by atoms with Gasteiger partial charge in [-0.2, -0.15) is 0 Å². The summed E-state index contributed by atoms with van der Waals surface area (Å²) in [6, 6.07) is 10.3. The van der Waals surface area contributed by atoms with Crippen molar-refractivity contribution in [2.24, 2.45) is 0 Å². The van der Waals surface area contributed by atoms with E-state index < -0.39 is 10.9 Å². The Hall–Kier alpha value is -2.14. The topological polar surface area (TPSA) is 61.4 Å². The van der Waals surface area contributed by atoms with E-state index in [1.807, 2.05) is 30.3 Å². The summed E-state index contributed by atoms with van der Waals surface area (Å²) in [4.78, 5) is 26.0. The van der Waals surface area contributed by atoms with Crippen molar-refractivity contribution in [3.05, 3.63) is 56.3 Å². The van der Waals surface area contributed by atoms with Crippen LogP contribution in [0.5, 0.6) is 0 Å². The number of benzene rings is 1. The van der Waals surface area contributed by atoms with E-state index in [0.717, 1.165) is 31.6 Å². The van der Waals surface area contributed by atoms with E-state index in [2.05, 4.69) is 22.5 Å². The zero-order valence-electron chi connectivity index (χ0n) is 13.5. The minimum atomic E-state index is -0.415. The van der Waals surface area contributed by atoms with E-state index in [1.165, 1.54) is 6.42 Å². The molecule has 0 amide bonds. The largest absolute Gasteiger partial charge is 0.378 e. The molecule has 1 aliphatic heterocycles. The average Bonchev–Trinajstić information content (AvgIpc) is 3.05. The normalized spacial score (nSPS) is 18.4. The van der Waals surface area contributed by atoms with Crippen molar-refractivity contribution >= 4 is 11.4 Å². The highest BCUT2D eigenvalue weighted by Gasteiger charge is 2.25. The summed E-state index contributed by atoms with van der Waals surface area (Å²) in [5, 5.41) is 6.30. The third kappa shape index (κ3) is 3.29. The fourth-order valence-corrected chi connectivity index (χ4v) is 3.28. The second-order valence-electron chi connectivity index (χ2n) is 6.05. The highest BCUT2D eigenvalue weighted by molar-refractivity contribution is 5.74. The van der Waals surface area contributed by atoms with Crippen molar-refractivity contribution in [1.82, 2.24) is 4.90 Å². The second-order valence-corrected chi connectivity index (χ2v) is 6.05. The van der Waals surface area contributed by atoms with Crippen molar-refractivity contribution < 1.29 is 0 Å². The zero-order chi connectivity index (χ0) is 16.2. The standard InChI is InChI=1S/C18H23N3O2/c1-2-21-10-6-9-14(21)12-20-16-15(17(22)18(16)23)19-11-13-7-4-3-5-8-13/h3-5,7-8,14,19-20H,2,6,9-12H2,1H3/t14-/m0/s1. The van der Waals surface area contributed by atoms with Crippen LogP contribution in [0.2, 0.25) is 0 Å². The van der Waals surface area contributed by atoms with E-state index in [-0.39, 0.29) is 0 Å². The number of hydrogen-bond acceptors (Lipinski definition) is 5. The lowest BCUT2D eigenvalue weighted by molar-refractivity contribution is 0.277. The van der Waals surface area contributed by atoms with Crippen LogP contribution in [0.3, 0.4) is 0 Å². The van der Waals surface area contributed by atoms with Gasteiger partial charge in [-0.25, -0.2) is 0 Å². The fraction of sp³-hybridized carbons (Fsp3) is 0.444. The van der Waals surface area contributed by atoms with Crippen LogP contribution >= 0.6 is 0 Å². The van der Waals surface area contributed by atoms with E-state index in [4.69, 9.17) is 0 Å². The maximum Gasteiger partial charge on any atom is 0.253 e. The lowest BCUT2D eigenvalue weighted by Gasteiger charge is -2.24. The molecule has 1 aliphatic rings. The summed E-state index contributed by atoms with van der Waals surface area (Å²) in [6.07, 6.45) is 2.34.